The van der Waals surface area contributed by atoms with Crippen LogP contribution < -0.4 is 5.73 Å². The Balaban J connectivity index is 1.76. The zero-order valence-corrected chi connectivity index (χ0v) is 10.2. The minimum atomic E-state index is 0.155. The average molecular weight is 233 g/mol. The van der Waals surface area contributed by atoms with Crippen LogP contribution in [0.25, 0.3) is 0 Å². The van der Waals surface area contributed by atoms with Crippen molar-refractivity contribution in [2.75, 3.05) is 32.4 Å². The Kier molecular flexibility index (Phi) is 3.52. The van der Waals surface area contributed by atoms with Crippen molar-refractivity contribution in [1.82, 2.24) is 9.80 Å². The number of nitrogens with zero attached hydrogens (tertiary/aromatic N) is 2. The molecule has 0 unspecified atom stereocenters. The predicted molar refractivity (Wildman–Crippen MR) is 68.8 cm³/mol. The summed E-state index contributed by atoms with van der Waals surface area (Å²) in [6.07, 6.45) is 2.00. The number of hydrogen-bond donors (Lipinski definition) is 1. The van der Waals surface area contributed by atoms with Crippen LogP contribution in [0.2, 0.25) is 0 Å². The number of benzene rings is 1. The van der Waals surface area contributed by atoms with Gasteiger partial charge in [-0.2, -0.15) is 0 Å². The molecule has 1 heterocycles. The first kappa shape index (κ1) is 11.8. The molecular weight excluding hydrogens is 214 g/mol. The van der Waals surface area contributed by atoms with Gasteiger partial charge in [0.1, 0.15) is 0 Å². The standard InChI is InChI=1S/C13H19N3O/c1-15-9-10-16(13(15)17)8-2-3-11-4-6-12(14)7-5-11/h4-7H,2-3,8-10,14H2,1H3. The molecule has 1 fully saturated rings. The monoisotopic (exact) mass is 233 g/mol. The maximum Gasteiger partial charge on any atom is 0.319 e. The maximum absolute atomic E-state index is 11.6. The Labute approximate surface area is 102 Å². The van der Waals surface area contributed by atoms with Crippen molar-refractivity contribution in [3.8, 4) is 0 Å². The van der Waals surface area contributed by atoms with E-state index in [4.69, 9.17) is 5.73 Å². The Bertz CT molecular complexity index is 388. The van der Waals surface area contributed by atoms with Gasteiger partial charge in [0.15, 0.2) is 0 Å². The summed E-state index contributed by atoms with van der Waals surface area (Å²) in [5.74, 6) is 0. The molecule has 92 valence electrons. The molecule has 0 aromatic heterocycles. The smallest absolute Gasteiger partial charge is 0.319 e. The van der Waals surface area contributed by atoms with Crippen LogP contribution in [0, 0.1) is 0 Å². The third kappa shape index (κ3) is 2.90. The first-order chi connectivity index (χ1) is 8.16. The van der Waals surface area contributed by atoms with Crippen molar-refractivity contribution in [1.29, 1.82) is 0 Å². The number of carbonyl (C=O) groups is 1. The molecule has 1 saturated heterocycles. The van der Waals surface area contributed by atoms with E-state index in [-0.39, 0.29) is 6.03 Å². The lowest BCUT2D eigenvalue weighted by molar-refractivity contribution is 0.198. The van der Waals surface area contributed by atoms with E-state index in [2.05, 4.69) is 0 Å². The molecular formula is C13H19N3O. The maximum atomic E-state index is 11.6. The van der Waals surface area contributed by atoms with Gasteiger partial charge in [0.05, 0.1) is 0 Å². The summed E-state index contributed by atoms with van der Waals surface area (Å²) in [5, 5.41) is 0. The second-order valence-electron chi connectivity index (χ2n) is 4.54. The second-order valence-corrected chi connectivity index (χ2v) is 4.54. The molecule has 1 aliphatic heterocycles. The highest BCUT2D eigenvalue weighted by Gasteiger charge is 2.24. The van der Waals surface area contributed by atoms with Crippen molar-refractivity contribution in [3.63, 3.8) is 0 Å². The Morgan fingerprint density at radius 3 is 2.53 bits per heavy atom. The normalized spacial score (nSPS) is 15.7. The van der Waals surface area contributed by atoms with Crippen LogP contribution in [0.4, 0.5) is 10.5 Å². The fraction of sp³-hybridized carbons (Fsp3) is 0.462. The number of carbonyl (C=O) groups excluding carboxylic acids is 1. The van der Waals surface area contributed by atoms with Crippen LogP contribution in [0.1, 0.15) is 12.0 Å². The van der Waals surface area contributed by atoms with E-state index in [1.54, 1.807) is 4.90 Å². The molecule has 1 aromatic rings. The first-order valence-electron chi connectivity index (χ1n) is 6.01. The highest BCUT2D eigenvalue weighted by Crippen LogP contribution is 2.10. The van der Waals surface area contributed by atoms with Gasteiger partial charge in [-0.1, -0.05) is 12.1 Å². The minimum Gasteiger partial charge on any atom is -0.399 e. The van der Waals surface area contributed by atoms with E-state index >= 15 is 0 Å². The van der Waals surface area contributed by atoms with Gasteiger partial charge in [-0.3, -0.25) is 0 Å². The van der Waals surface area contributed by atoms with Crippen molar-refractivity contribution >= 4 is 11.7 Å². The molecule has 0 radical (unpaired) electrons. The van der Waals surface area contributed by atoms with Gasteiger partial charge in [0.2, 0.25) is 0 Å². The van der Waals surface area contributed by atoms with Gasteiger partial charge in [0, 0.05) is 32.4 Å². The Morgan fingerprint density at radius 1 is 1.24 bits per heavy atom. The van der Waals surface area contributed by atoms with E-state index < -0.39 is 0 Å². The highest BCUT2D eigenvalue weighted by atomic mass is 16.2. The third-order valence-corrected chi connectivity index (χ3v) is 3.18. The minimum absolute atomic E-state index is 0.155. The fourth-order valence-electron chi connectivity index (χ4n) is 2.07. The summed E-state index contributed by atoms with van der Waals surface area (Å²) in [5.41, 5.74) is 7.70. The number of anilines is 1. The Hall–Kier alpha value is -1.71. The average Bonchev–Trinajstić information content (AvgIpc) is 2.64. The van der Waals surface area contributed by atoms with Crippen molar-refractivity contribution in [3.05, 3.63) is 29.8 Å². The van der Waals surface area contributed by atoms with Gasteiger partial charge < -0.3 is 15.5 Å². The lowest BCUT2D eigenvalue weighted by atomic mass is 10.1. The van der Waals surface area contributed by atoms with Crippen LogP contribution in [0.5, 0.6) is 0 Å². The van der Waals surface area contributed by atoms with Crippen LogP contribution in [-0.2, 0) is 6.42 Å². The molecule has 1 aliphatic rings. The van der Waals surface area contributed by atoms with Crippen molar-refractivity contribution in [2.24, 2.45) is 0 Å². The van der Waals surface area contributed by atoms with Gasteiger partial charge >= 0.3 is 6.03 Å². The van der Waals surface area contributed by atoms with Crippen LogP contribution in [0.15, 0.2) is 24.3 Å². The fourth-order valence-corrected chi connectivity index (χ4v) is 2.07. The van der Waals surface area contributed by atoms with E-state index in [1.165, 1.54) is 5.56 Å². The number of hydrogen-bond acceptors (Lipinski definition) is 2. The number of urea groups is 1. The molecule has 4 nitrogen and oxygen atoms in total. The van der Waals surface area contributed by atoms with Crippen molar-refractivity contribution in [2.45, 2.75) is 12.8 Å². The second kappa shape index (κ2) is 5.08. The lowest BCUT2D eigenvalue weighted by Gasteiger charge is -2.15. The van der Waals surface area contributed by atoms with Crippen LogP contribution in [0.3, 0.4) is 0 Å². The molecule has 2 N–H and O–H groups in total. The molecule has 2 amide bonds. The number of nitrogen functional groups attached to an aromatic ring is 1. The van der Waals surface area contributed by atoms with Gasteiger partial charge in [-0.05, 0) is 30.5 Å². The van der Waals surface area contributed by atoms with E-state index in [9.17, 15) is 4.79 Å². The zero-order valence-electron chi connectivity index (χ0n) is 10.2. The van der Waals surface area contributed by atoms with Gasteiger partial charge in [-0.15, -0.1) is 0 Å². The molecule has 4 heteroatoms. The molecule has 0 aliphatic carbocycles. The molecule has 2 rings (SSSR count). The summed E-state index contributed by atoms with van der Waals surface area (Å²) < 4.78 is 0. The number of aryl methyl sites for hydroxylation is 1. The van der Waals surface area contributed by atoms with E-state index in [0.29, 0.717) is 0 Å². The molecule has 0 saturated carbocycles. The number of likely N-dealkylation sites (N-methyl/N-ethyl adjacent to an activating group) is 1. The summed E-state index contributed by atoms with van der Waals surface area (Å²) in [6, 6.07) is 8.09. The zero-order chi connectivity index (χ0) is 12.3. The summed E-state index contributed by atoms with van der Waals surface area (Å²) in [6.45, 7) is 2.55. The SMILES string of the molecule is CN1CCN(CCCc2ccc(N)cc2)C1=O. The molecule has 0 bridgehead atoms. The predicted octanol–water partition coefficient (Wildman–Crippen LogP) is 1.57. The lowest BCUT2D eigenvalue weighted by Crippen LogP contribution is -2.30. The first-order valence-corrected chi connectivity index (χ1v) is 6.01. The molecule has 0 atom stereocenters. The summed E-state index contributed by atoms with van der Waals surface area (Å²) in [7, 11) is 1.85. The van der Waals surface area contributed by atoms with Crippen LogP contribution >= 0.6 is 0 Å². The highest BCUT2D eigenvalue weighted by molar-refractivity contribution is 5.76. The topological polar surface area (TPSA) is 49.6 Å². The molecule has 1 aromatic carbocycles. The van der Waals surface area contributed by atoms with E-state index in [0.717, 1.165) is 38.2 Å². The number of amides is 2. The van der Waals surface area contributed by atoms with Crippen LogP contribution in [-0.4, -0.2) is 42.5 Å². The Morgan fingerprint density at radius 2 is 1.94 bits per heavy atom. The summed E-state index contributed by atoms with van der Waals surface area (Å²) in [4.78, 5) is 15.3. The van der Waals surface area contributed by atoms with Gasteiger partial charge in [-0.25, -0.2) is 4.79 Å². The van der Waals surface area contributed by atoms with Gasteiger partial charge in [0.25, 0.3) is 0 Å². The number of rotatable bonds is 4. The quantitative estimate of drug-likeness (QED) is 0.802. The summed E-state index contributed by atoms with van der Waals surface area (Å²) >= 11 is 0. The molecule has 17 heavy (non-hydrogen) atoms. The van der Waals surface area contributed by atoms with Crippen molar-refractivity contribution < 1.29 is 4.79 Å². The molecule has 0 spiro atoms. The van der Waals surface area contributed by atoms with E-state index in [1.807, 2.05) is 36.2 Å². The largest absolute Gasteiger partial charge is 0.399 e. The third-order valence-electron chi connectivity index (χ3n) is 3.18. The number of nitrogens with two attached hydrogens (primary N) is 1.